The minimum atomic E-state index is -1.19. The maximum atomic E-state index is 13.1. The highest BCUT2D eigenvalue weighted by Gasteiger charge is 2.37. The largest absolute Gasteiger partial charge is 0.465 e. The Labute approximate surface area is 201 Å². The molecule has 3 aromatic rings. The van der Waals surface area contributed by atoms with E-state index in [4.69, 9.17) is 5.11 Å². The molecular weight excluding hydrogens is 484 g/mol. The summed E-state index contributed by atoms with van der Waals surface area (Å²) >= 11 is 3.46. The normalized spacial score (nSPS) is 16.7. The van der Waals surface area contributed by atoms with Gasteiger partial charge in [-0.05, 0) is 47.6 Å². The molecule has 1 aliphatic rings. The van der Waals surface area contributed by atoms with Gasteiger partial charge in [0.1, 0.15) is 11.9 Å². The van der Waals surface area contributed by atoms with E-state index in [2.05, 4.69) is 67.6 Å². The molecular formula is C25H27BrN4O3. The lowest BCUT2D eigenvalue weighted by Crippen LogP contribution is -2.50. The maximum Gasteiger partial charge on any atom is 0.405 e. The smallest absolute Gasteiger partial charge is 0.405 e. The lowest BCUT2D eigenvalue weighted by molar-refractivity contribution is -0.135. The second-order valence-corrected chi connectivity index (χ2v) is 9.54. The summed E-state index contributed by atoms with van der Waals surface area (Å²) in [4.78, 5) is 34.0. The lowest BCUT2D eigenvalue weighted by atomic mass is 10.0. The zero-order valence-electron chi connectivity index (χ0n) is 18.6. The Morgan fingerprint density at radius 2 is 1.70 bits per heavy atom. The molecule has 2 amide bonds. The van der Waals surface area contributed by atoms with E-state index in [1.807, 2.05) is 26.0 Å². The molecule has 4 rings (SSSR count). The van der Waals surface area contributed by atoms with Crippen molar-refractivity contribution in [3.63, 3.8) is 0 Å². The van der Waals surface area contributed by atoms with Crippen molar-refractivity contribution in [2.45, 2.75) is 38.8 Å². The molecule has 1 saturated heterocycles. The number of carbonyl (C=O) groups excluding carboxylic acids is 1. The minimum absolute atomic E-state index is 0.147. The molecule has 0 aliphatic carbocycles. The van der Waals surface area contributed by atoms with Crippen LogP contribution in [0.2, 0.25) is 0 Å². The maximum absolute atomic E-state index is 13.1. The van der Waals surface area contributed by atoms with E-state index in [1.54, 1.807) is 11.1 Å². The lowest BCUT2D eigenvalue weighted by Gasteiger charge is -2.29. The van der Waals surface area contributed by atoms with Gasteiger partial charge in [-0.3, -0.25) is 4.79 Å². The monoisotopic (exact) mass is 510 g/mol. The zero-order valence-corrected chi connectivity index (χ0v) is 20.2. The SMILES string of the molecule is CC(C)[C@H](NC(=O)O)C(=O)N1CCC[C@H]1c1ncc(-c2ccc(-c3ccc(Br)cc3)cc2)[nH]1. The number of nitrogens with one attached hydrogen (secondary N) is 2. The average Bonchev–Trinajstić information content (AvgIpc) is 3.47. The van der Waals surface area contributed by atoms with Gasteiger partial charge in [-0.15, -0.1) is 0 Å². The summed E-state index contributed by atoms with van der Waals surface area (Å²) in [6.07, 6.45) is 2.25. The summed E-state index contributed by atoms with van der Waals surface area (Å²) < 4.78 is 1.05. The molecule has 0 spiro atoms. The first-order valence-electron chi connectivity index (χ1n) is 11.0. The average molecular weight is 511 g/mol. The van der Waals surface area contributed by atoms with Gasteiger partial charge in [0.25, 0.3) is 0 Å². The van der Waals surface area contributed by atoms with Gasteiger partial charge in [0.05, 0.1) is 17.9 Å². The Balaban J connectivity index is 1.52. The number of hydrogen-bond acceptors (Lipinski definition) is 3. The minimum Gasteiger partial charge on any atom is -0.465 e. The highest BCUT2D eigenvalue weighted by molar-refractivity contribution is 9.10. The van der Waals surface area contributed by atoms with Crippen LogP contribution in [0.5, 0.6) is 0 Å². The van der Waals surface area contributed by atoms with Crippen molar-refractivity contribution < 1.29 is 14.7 Å². The Morgan fingerprint density at radius 3 is 2.30 bits per heavy atom. The quantitative estimate of drug-likeness (QED) is 0.409. The number of likely N-dealkylation sites (tertiary alicyclic amines) is 1. The predicted octanol–water partition coefficient (Wildman–Crippen LogP) is 5.46. The highest BCUT2D eigenvalue weighted by atomic mass is 79.9. The second kappa shape index (κ2) is 9.79. The number of rotatable bonds is 6. The summed E-state index contributed by atoms with van der Waals surface area (Å²) in [5.41, 5.74) is 4.17. The van der Waals surface area contributed by atoms with Crippen LogP contribution in [-0.2, 0) is 4.79 Å². The Bertz CT molecular complexity index is 1130. The van der Waals surface area contributed by atoms with Gasteiger partial charge >= 0.3 is 6.09 Å². The number of amides is 2. The summed E-state index contributed by atoms with van der Waals surface area (Å²) in [5.74, 6) is 0.378. The van der Waals surface area contributed by atoms with E-state index in [-0.39, 0.29) is 17.9 Å². The second-order valence-electron chi connectivity index (χ2n) is 8.63. The van der Waals surface area contributed by atoms with Gasteiger partial charge < -0.3 is 20.3 Å². The number of carbonyl (C=O) groups is 2. The van der Waals surface area contributed by atoms with E-state index < -0.39 is 12.1 Å². The number of aromatic amines is 1. The fourth-order valence-electron chi connectivity index (χ4n) is 4.28. The number of halogens is 1. The molecule has 172 valence electrons. The number of hydrogen-bond donors (Lipinski definition) is 3. The molecule has 33 heavy (non-hydrogen) atoms. The van der Waals surface area contributed by atoms with Crippen LogP contribution in [0.3, 0.4) is 0 Å². The van der Waals surface area contributed by atoms with E-state index >= 15 is 0 Å². The van der Waals surface area contributed by atoms with E-state index in [0.29, 0.717) is 6.54 Å². The highest BCUT2D eigenvalue weighted by Crippen LogP contribution is 2.33. The zero-order chi connectivity index (χ0) is 23.5. The fraction of sp³-hybridized carbons (Fsp3) is 0.320. The first-order valence-corrected chi connectivity index (χ1v) is 11.8. The van der Waals surface area contributed by atoms with Gasteiger partial charge in [-0.1, -0.05) is 66.2 Å². The molecule has 1 aromatic heterocycles. The molecule has 8 heteroatoms. The molecule has 2 aromatic carbocycles. The van der Waals surface area contributed by atoms with Crippen molar-refractivity contribution in [2.75, 3.05) is 6.54 Å². The fourth-order valence-corrected chi connectivity index (χ4v) is 4.54. The van der Waals surface area contributed by atoms with Gasteiger partial charge in [0.2, 0.25) is 5.91 Å². The molecule has 3 N–H and O–H groups in total. The topological polar surface area (TPSA) is 98.3 Å². The summed E-state index contributed by atoms with van der Waals surface area (Å²) in [6.45, 7) is 4.27. The van der Waals surface area contributed by atoms with Crippen LogP contribution >= 0.6 is 15.9 Å². The Hall–Kier alpha value is -3.13. The number of imidazole rings is 1. The van der Waals surface area contributed by atoms with Crippen molar-refractivity contribution >= 4 is 27.9 Å². The van der Waals surface area contributed by atoms with Crippen LogP contribution in [0.15, 0.2) is 59.2 Å². The van der Waals surface area contributed by atoms with E-state index in [0.717, 1.165) is 45.5 Å². The molecule has 2 heterocycles. The van der Waals surface area contributed by atoms with Crippen LogP contribution in [0, 0.1) is 5.92 Å². The molecule has 2 atom stereocenters. The molecule has 1 aliphatic heterocycles. The number of benzene rings is 2. The number of carboxylic acid groups (broad SMARTS) is 1. The summed E-state index contributed by atoms with van der Waals surface area (Å²) in [7, 11) is 0. The van der Waals surface area contributed by atoms with Gasteiger partial charge in [0.15, 0.2) is 0 Å². The van der Waals surface area contributed by atoms with Crippen molar-refractivity contribution in [3.8, 4) is 22.4 Å². The molecule has 1 fully saturated rings. The first-order chi connectivity index (χ1) is 15.8. The van der Waals surface area contributed by atoms with Crippen molar-refractivity contribution in [2.24, 2.45) is 5.92 Å². The standard InChI is InChI=1S/C25H27BrN4O3/c1-15(2)22(29-25(32)33)24(31)30-13-3-4-21(30)23-27-14-20(28-23)18-7-5-16(6-8-18)17-9-11-19(26)12-10-17/h5-12,14-15,21-22,29H,3-4,13H2,1-2H3,(H,27,28)(H,32,33)/t21-,22-/m0/s1. The summed E-state index contributed by atoms with van der Waals surface area (Å²) in [5, 5.41) is 11.5. The molecule has 0 bridgehead atoms. The van der Waals surface area contributed by atoms with E-state index in [9.17, 15) is 9.59 Å². The van der Waals surface area contributed by atoms with Crippen LogP contribution < -0.4 is 5.32 Å². The van der Waals surface area contributed by atoms with Gasteiger partial charge in [0, 0.05) is 11.0 Å². The third kappa shape index (κ3) is 5.11. The van der Waals surface area contributed by atoms with Gasteiger partial charge in [-0.25, -0.2) is 9.78 Å². The molecule has 7 nitrogen and oxygen atoms in total. The molecule has 0 saturated carbocycles. The van der Waals surface area contributed by atoms with Crippen molar-refractivity contribution in [1.29, 1.82) is 0 Å². The Kier molecular flexibility index (Phi) is 6.83. The van der Waals surface area contributed by atoms with Crippen molar-refractivity contribution in [3.05, 3.63) is 65.0 Å². The molecule has 0 radical (unpaired) electrons. The predicted molar refractivity (Wildman–Crippen MR) is 131 cm³/mol. The number of nitrogens with zero attached hydrogens (tertiary/aromatic N) is 2. The summed E-state index contributed by atoms with van der Waals surface area (Å²) in [6, 6.07) is 15.5. The van der Waals surface area contributed by atoms with Crippen LogP contribution in [0.25, 0.3) is 22.4 Å². The molecule has 0 unspecified atom stereocenters. The third-order valence-corrected chi connectivity index (χ3v) is 6.56. The van der Waals surface area contributed by atoms with E-state index in [1.165, 1.54) is 0 Å². The first kappa shape index (κ1) is 23.0. The van der Waals surface area contributed by atoms with Crippen LogP contribution in [0.4, 0.5) is 4.79 Å². The van der Waals surface area contributed by atoms with Gasteiger partial charge in [-0.2, -0.15) is 0 Å². The number of aromatic nitrogens is 2. The van der Waals surface area contributed by atoms with Crippen molar-refractivity contribution in [1.82, 2.24) is 20.2 Å². The number of H-pyrrole nitrogens is 1. The van der Waals surface area contributed by atoms with Crippen LogP contribution in [0.1, 0.15) is 38.6 Å². The van der Waals surface area contributed by atoms with Crippen LogP contribution in [-0.4, -0.2) is 44.6 Å². The third-order valence-electron chi connectivity index (χ3n) is 6.03. The Morgan fingerprint density at radius 1 is 1.09 bits per heavy atom.